The summed E-state index contributed by atoms with van der Waals surface area (Å²) in [6.45, 7) is 7.62. The molecule has 0 spiro atoms. The number of pyridine rings is 1. The zero-order valence-corrected chi connectivity index (χ0v) is 22.0. The standard InChI is InChI=1S/C26H24Cl3N3O3/c1-14-19(12-30-25(34)35-26(2,3)4)22(18-10-7-16(28)11-21(18)29)20-13-32(24(33)23(20)31-14)17-8-5-15(27)6-9-17/h5-11H,12-13H2,1-4H3,(H,30,34). The quantitative estimate of drug-likeness (QED) is 0.386. The number of fused-ring (bicyclic) bond motifs is 1. The van der Waals surface area contributed by atoms with Gasteiger partial charge in [-0.3, -0.25) is 4.79 Å². The predicted octanol–water partition coefficient (Wildman–Crippen LogP) is 7.20. The van der Waals surface area contributed by atoms with E-state index in [1.54, 1.807) is 69.0 Å². The maximum absolute atomic E-state index is 13.4. The van der Waals surface area contributed by atoms with Crippen molar-refractivity contribution in [3.8, 4) is 11.1 Å². The van der Waals surface area contributed by atoms with Gasteiger partial charge < -0.3 is 15.0 Å². The Labute approximate surface area is 219 Å². The molecule has 2 heterocycles. The van der Waals surface area contributed by atoms with E-state index in [0.717, 1.165) is 16.7 Å². The van der Waals surface area contributed by atoms with Crippen molar-refractivity contribution < 1.29 is 14.3 Å². The van der Waals surface area contributed by atoms with Gasteiger partial charge in [-0.15, -0.1) is 0 Å². The van der Waals surface area contributed by atoms with Crippen LogP contribution in [0.2, 0.25) is 15.1 Å². The Morgan fingerprint density at radius 2 is 1.74 bits per heavy atom. The molecule has 4 rings (SSSR count). The summed E-state index contributed by atoms with van der Waals surface area (Å²) in [4.78, 5) is 32.0. The molecule has 0 saturated heterocycles. The van der Waals surface area contributed by atoms with E-state index in [-0.39, 0.29) is 19.0 Å². The fourth-order valence-corrected chi connectivity index (χ4v) is 4.64. The topological polar surface area (TPSA) is 71.5 Å². The van der Waals surface area contributed by atoms with Gasteiger partial charge in [-0.25, -0.2) is 9.78 Å². The smallest absolute Gasteiger partial charge is 0.407 e. The minimum absolute atomic E-state index is 0.143. The highest BCUT2D eigenvalue weighted by atomic mass is 35.5. The number of nitrogens with zero attached hydrogens (tertiary/aromatic N) is 2. The second-order valence-electron chi connectivity index (χ2n) is 9.23. The molecule has 1 aliphatic heterocycles. The van der Waals surface area contributed by atoms with Crippen LogP contribution in [0.3, 0.4) is 0 Å². The van der Waals surface area contributed by atoms with E-state index in [1.807, 2.05) is 6.07 Å². The number of anilines is 1. The van der Waals surface area contributed by atoms with Crippen molar-refractivity contribution in [3.63, 3.8) is 0 Å². The van der Waals surface area contributed by atoms with E-state index < -0.39 is 11.7 Å². The van der Waals surface area contributed by atoms with Crippen molar-refractivity contribution in [1.29, 1.82) is 0 Å². The first-order valence-corrected chi connectivity index (χ1v) is 12.1. The van der Waals surface area contributed by atoms with Crippen LogP contribution in [-0.4, -0.2) is 22.6 Å². The molecular formula is C26H24Cl3N3O3. The van der Waals surface area contributed by atoms with Crippen LogP contribution in [0.25, 0.3) is 11.1 Å². The molecule has 3 aromatic rings. The lowest BCUT2D eigenvalue weighted by atomic mass is 9.93. The zero-order valence-electron chi connectivity index (χ0n) is 19.7. The summed E-state index contributed by atoms with van der Waals surface area (Å²) in [6, 6.07) is 12.3. The molecule has 1 N–H and O–H groups in total. The summed E-state index contributed by atoms with van der Waals surface area (Å²) in [5, 5.41) is 4.31. The van der Waals surface area contributed by atoms with E-state index >= 15 is 0 Å². The minimum atomic E-state index is -0.636. The van der Waals surface area contributed by atoms with Crippen LogP contribution in [-0.2, 0) is 17.8 Å². The Bertz CT molecular complexity index is 1320. The van der Waals surface area contributed by atoms with E-state index in [9.17, 15) is 9.59 Å². The predicted molar refractivity (Wildman–Crippen MR) is 139 cm³/mol. The number of ether oxygens (including phenoxy) is 1. The summed E-state index contributed by atoms with van der Waals surface area (Å²) in [5.41, 5.74) is 3.93. The summed E-state index contributed by atoms with van der Waals surface area (Å²) >= 11 is 18.8. The fraction of sp³-hybridized carbons (Fsp3) is 0.269. The number of aromatic nitrogens is 1. The first-order valence-electron chi connectivity index (χ1n) is 11.0. The Morgan fingerprint density at radius 3 is 2.37 bits per heavy atom. The van der Waals surface area contributed by atoms with Gasteiger partial charge in [0.15, 0.2) is 0 Å². The molecule has 0 saturated carbocycles. The average molecular weight is 533 g/mol. The van der Waals surface area contributed by atoms with Gasteiger partial charge in [0.2, 0.25) is 0 Å². The van der Waals surface area contributed by atoms with Gasteiger partial charge in [-0.05, 0) is 69.7 Å². The molecule has 2 amide bonds. The molecule has 2 aromatic carbocycles. The lowest BCUT2D eigenvalue weighted by Crippen LogP contribution is -2.32. The number of carbonyl (C=O) groups is 2. The monoisotopic (exact) mass is 531 g/mol. The molecule has 0 fully saturated rings. The summed E-state index contributed by atoms with van der Waals surface area (Å²) in [6.07, 6.45) is -0.551. The summed E-state index contributed by atoms with van der Waals surface area (Å²) < 4.78 is 5.39. The fourth-order valence-electron chi connectivity index (χ4n) is 4.01. The largest absolute Gasteiger partial charge is 0.444 e. The van der Waals surface area contributed by atoms with Crippen LogP contribution >= 0.6 is 34.8 Å². The highest BCUT2D eigenvalue weighted by molar-refractivity contribution is 6.36. The van der Waals surface area contributed by atoms with E-state index in [2.05, 4.69) is 10.3 Å². The van der Waals surface area contributed by atoms with E-state index in [4.69, 9.17) is 39.5 Å². The second-order valence-corrected chi connectivity index (χ2v) is 10.5. The Hall–Kier alpha value is -2.80. The molecule has 182 valence electrons. The maximum Gasteiger partial charge on any atom is 0.407 e. The Balaban J connectivity index is 1.81. The highest BCUT2D eigenvalue weighted by Crippen LogP contribution is 2.41. The van der Waals surface area contributed by atoms with Crippen LogP contribution < -0.4 is 10.2 Å². The Morgan fingerprint density at radius 1 is 1.09 bits per heavy atom. The van der Waals surface area contributed by atoms with Crippen LogP contribution in [0.1, 0.15) is 48.1 Å². The van der Waals surface area contributed by atoms with Gasteiger partial charge in [0.05, 0.1) is 6.54 Å². The molecule has 0 aliphatic carbocycles. The summed E-state index contributed by atoms with van der Waals surface area (Å²) in [5.74, 6) is -0.219. The lowest BCUT2D eigenvalue weighted by Gasteiger charge is -2.21. The van der Waals surface area contributed by atoms with E-state index in [0.29, 0.717) is 37.7 Å². The Kier molecular flexibility index (Phi) is 7.00. The molecule has 0 unspecified atom stereocenters. The van der Waals surface area contributed by atoms with Crippen LogP contribution in [0.15, 0.2) is 42.5 Å². The van der Waals surface area contributed by atoms with Crippen molar-refractivity contribution in [1.82, 2.24) is 10.3 Å². The first-order chi connectivity index (χ1) is 16.4. The number of hydrogen-bond acceptors (Lipinski definition) is 4. The molecular weight excluding hydrogens is 509 g/mol. The van der Waals surface area contributed by atoms with Crippen LogP contribution in [0.4, 0.5) is 10.5 Å². The maximum atomic E-state index is 13.4. The number of alkyl carbamates (subject to hydrolysis) is 1. The van der Waals surface area contributed by atoms with Crippen molar-refractivity contribution in [2.45, 2.75) is 46.4 Å². The normalized spacial score (nSPS) is 13.1. The number of nitrogens with one attached hydrogen (secondary N) is 1. The number of halogens is 3. The minimum Gasteiger partial charge on any atom is -0.444 e. The third kappa shape index (κ3) is 5.40. The molecule has 35 heavy (non-hydrogen) atoms. The van der Waals surface area contributed by atoms with Gasteiger partial charge in [0.1, 0.15) is 11.3 Å². The molecule has 9 heteroatoms. The second kappa shape index (κ2) is 9.69. The van der Waals surface area contributed by atoms with Crippen LogP contribution in [0.5, 0.6) is 0 Å². The highest BCUT2D eigenvalue weighted by Gasteiger charge is 2.35. The van der Waals surface area contributed by atoms with Gasteiger partial charge in [0, 0.05) is 49.7 Å². The molecule has 6 nitrogen and oxygen atoms in total. The van der Waals surface area contributed by atoms with Crippen molar-refractivity contribution in [3.05, 3.63) is 80.0 Å². The third-order valence-electron chi connectivity index (χ3n) is 5.52. The van der Waals surface area contributed by atoms with Crippen molar-refractivity contribution >= 4 is 52.5 Å². The number of aryl methyl sites for hydroxylation is 1. The number of amides is 2. The van der Waals surface area contributed by atoms with Crippen LogP contribution in [0, 0.1) is 6.92 Å². The van der Waals surface area contributed by atoms with Gasteiger partial charge in [0.25, 0.3) is 5.91 Å². The van der Waals surface area contributed by atoms with Gasteiger partial charge in [-0.2, -0.15) is 0 Å². The number of carbonyl (C=O) groups excluding carboxylic acids is 2. The third-order valence-corrected chi connectivity index (χ3v) is 6.32. The first kappa shape index (κ1) is 25.3. The molecule has 1 aliphatic rings. The van der Waals surface area contributed by atoms with Crippen molar-refractivity contribution in [2.24, 2.45) is 0 Å². The zero-order chi connectivity index (χ0) is 25.5. The number of rotatable bonds is 4. The molecule has 0 radical (unpaired) electrons. The SMILES string of the molecule is Cc1nc2c(c(-c3ccc(Cl)cc3Cl)c1CNC(=O)OC(C)(C)C)CN(c1ccc(Cl)cc1)C2=O. The average Bonchev–Trinajstić information content (AvgIpc) is 3.08. The van der Waals surface area contributed by atoms with Gasteiger partial charge >= 0.3 is 6.09 Å². The molecule has 0 atom stereocenters. The number of benzene rings is 2. The van der Waals surface area contributed by atoms with Crippen molar-refractivity contribution in [2.75, 3.05) is 4.90 Å². The number of hydrogen-bond donors (Lipinski definition) is 1. The molecule has 0 bridgehead atoms. The van der Waals surface area contributed by atoms with Gasteiger partial charge in [-0.1, -0.05) is 40.9 Å². The summed E-state index contributed by atoms with van der Waals surface area (Å²) in [7, 11) is 0. The lowest BCUT2D eigenvalue weighted by molar-refractivity contribution is 0.0523. The van der Waals surface area contributed by atoms with E-state index in [1.165, 1.54) is 0 Å². The molecule has 1 aromatic heterocycles.